The lowest BCUT2D eigenvalue weighted by atomic mass is 10.2. The highest BCUT2D eigenvalue weighted by Crippen LogP contribution is 2.43. The van der Waals surface area contributed by atoms with Crippen molar-refractivity contribution in [1.82, 2.24) is 34.9 Å². The zero-order valence-electron chi connectivity index (χ0n) is 73.0. The zero-order valence-corrected chi connectivity index (χ0v) is 85.2. The molecule has 0 aliphatic rings. The predicted molar refractivity (Wildman–Crippen MR) is 590 cm³/mol. The molecule has 0 aliphatic carbocycles. The fourth-order valence-electron chi connectivity index (χ4n) is 13.4. The van der Waals surface area contributed by atoms with E-state index >= 15 is 0 Å². The van der Waals surface area contributed by atoms with E-state index in [1.165, 1.54) is 17.4 Å². The molecule has 21 nitrogen and oxygen atoms in total. The van der Waals surface area contributed by atoms with Crippen LogP contribution in [0.4, 0.5) is 53.0 Å². The van der Waals surface area contributed by atoms with E-state index in [9.17, 15) is 38.7 Å². The Balaban J connectivity index is 0.000000121. The summed E-state index contributed by atoms with van der Waals surface area (Å²) in [6.07, 6.45) is 1.95. The van der Waals surface area contributed by atoms with Crippen LogP contribution < -0.4 is 47.9 Å². The van der Waals surface area contributed by atoms with Crippen molar-refractivity contribution in [1.29, 1.82) is 0 Å². The molecule has 0 fully saturated rings. The summed E-state index contributed by atoms with van der Waals surface area (Å²) >= 11 is 17.6. The Morgan fingerprint density at radius 2 is 0.632 bits per heavy atom. The number of thiazole rings is 7. The number of hydrogen-bond donors (Lipinski definition) is 12. The fraction of sp³-hybridized carbons (Fsp3) is 0.108. The molecule has 7 aromatic heterocycles. The summed E-state index contributed by atoms with van der Waals surface area (Å²) in [6.45, 7) is 0.858. The van der Waals surface area contributed by atoms with Gasteiger partial charge in [-0.25, -0.2) is 39.3 Å². The first kappa shape index (κ1) is 98.0. The van der Waals surface area contributed by atoms with E-state index in [0.29, 0.717) is 36.6 Å². The summed E-state index contributed by atoms with van der Waals surface area (Å²) in [7, 11) is 6.91. The molecular formula is C102H86F3I3N14O7S7. The molecule has 34 heteroatoms. The first-order valence-electron chi connectivity index (χ1n) is 42.0. The quantitative estimate of drug-likeness (QED) is 0.0192. The third-order valence-corrected chi connectivity index (χ3v) is 32.7. The Morgan fingerprint density at radius 3 is 1.01 bits per heavy atom. The number of rotatable bonds is 20. The lowest BCUT2D eigenvalue weighted by Crippen LogP contribution is -2.01. The van der Waals surface area contributed by atoms with Crippen molar-refractivity contribution in [2.24, 2.45) is 0 Å². The van der Waals surface area contributed by atoms with E-state index in [4.69, 9.17) is 26.7 Å². The minimum atomic E-state index is -0.304. The number of aromatic nitrogens is 7. The van der Waals surface area contributed by atoms with E-state index < -0.39 is 0 Å². The van der Waals surface area contributed by atoms with Crippen LogP contribution in [-0.2, 0) is 0 Å². The molecule has 7 heterocycles. The van der Waals surface area contributed by atoms with E-state index in [-0.39, 0.29) is 36.4 Å². The number of aromatic hydroxyl groups is 5. The maximum Gasteiger partial charge on any atom is 0.146 e. The Bertz CT molecular complexity index is 7540. The van der Waals surface area contributed by atoms with Crippen LogP contribution in [0.5, 0.6) is 40.2 Å². The van der Waals surface area contributed by atoms with Crippen LogP contribution in [-0.4, -0.2) is 115 Å². The Morgan fingerprint density at radius 1 is 0.316 bits per heavy atom. The number of nitrogens with zero attached hydrogens (tertiary/aromatic N) is 7. The number of alkyl halides is 2. The van der Waals surface area contributed by atoms with Crippen molar-refractivity contribution in [2.45, 2.75) is 19.3 Å². The number of ether oxygens (including phenoxy) is 2. The van der Waals surface area contributed by atoms with Crippen LogP contribution in [0.15, 0.2) is 273 Å². The van der Waals surface area contributed by atoms with Crippen molar-refractivity contribution in [3.8, 4) is 114 Å². The number of anilines is 7. The average Bonchev–Trinajstić information content (AvgIpc) is 1.65. The number of unbranched alkanes of at least 4 members (excludes halogenated alkanes) is 1. The molecule has 136 heavy (non-hydrogen) atoms. The van der Waals surface area contributed by atoms with E-state index in [1.807, 2.05) is 201 Å². The van der Waals surface area contributed by atoms with Gasteiger partial charge >= 0.3 is 0 Å². The highest BCUT2D eigenvalue weighted by Gasteiger charge is 2.18. The third kappa shape index (κ3) is 24.8. The molecule has 0 saturated carbocycles. The first-order chi connectivity index (χ1) is 66.0. The van der Waals surface area contributed by atoms with Gasteiger partial charge in [0.2, 0.25) is 0 Å². The number of phenols is 5. The Kier molecular flexibility index (Phi) is 33.4. The molecule has 0 radical (unpaired) electrons. The number of methoxy groups -OCH3 is 2. The van der Waals surface area contributed by atoms with Crippen LogP contribution in [0.2, 0.25) is 0 Å². The number of nitrogens with one attached hydrogen (secondary N) is 4. The number of benzene rings is 14. The Labute approximate surface area is 849 Å². The van der Waals surface area contributed by atoms with Crippen LogP contribution in [0.3, 0.4) is 0 Å². The van der Waals surface area contributed by atoms with Gasteiger partial charge in [0.1, 0.15) is 81.1 Å². The number of hydrogen-bond acceptors (Lipinski definition) is 28. The summed E-state index contributed by atoms with van der Waals surface area (Å²) < 4.78 is 58.0. The minimum Gasteiger partial charge on any atom is -0.508 e. The number of nitrogens with two attached hydrogens (primary N) is 3. The van der Waals surface area contributed by atoms with E-state index in [0.717, 1.165) is 215 Å². The smallest absolute Gasteiger partial charge is 0.146 e. The maximum absolute atomic E-state index is 13.7. The highest BCUT2D eigenvalue weighted by atomic mass is 127. The molecular weight excluding hydrogens is 2200 g/mol. The molecule has 0 unspecified atom stereocenters. The molecule has 0 atom stereocenters. The largest absolute Gasteiger partial charge is 0.508 e. The van der Waals surface area contributed by atoms with Gasteiger partial charge in [-0.2, -0.15) is 0 Å². The number of fused-ring (bicyclic) bond motifs is 7. The van der Waals surface area contributed by atoms with Gasteiger partial charge in [0.15, 0.2) is 0 Å². The summed E-state index contributed by atoms with van der Waals surface area (Å²) in [4.78, 5) is 32.1. The van der Waals surface area contributed by atoms with Crippen LogP contribution >= 0.6 is 147 Å². The molecule has 0 aliphatic heterocycles. The molecule has 0 saturated heterocycles. The molecule has 21 rings (SSSR count). The second kappa shape index (κ2) is 46.4. The topological polar surface area (TPSA) is 336 Å². The van der Waals surface area contributed by atoms with Gasteiger partial charge in [-0.05, 0) is 360 Å². The van der Waals surface area contributed by atoms with Crippen LogP contribution in [0.25, 0.3) is 146 Å². The van der Waals surface area contributed by atoms with Crippen molar-refractivity contribution >= 4 is 258 Å². The standard InChI is InChI=1S/C17H17FN2OS.C16H15FN2OS.C14H11FN2OS.2C14H11IN2OS.C14H12N2OS.C13H9IN2OS/c18-9-1-2-10-19-13-5-3-12(4-6-13)17-20-15-8-7-14(21)11-16(15)22-17;17-8-1-9-18-12-4-2-11(3-5-12)16-19-14-7-6-13(20)10-15(14)21-16;1-16-11-4-2-8(6-10(11)15)14-17-12-5-3-9(18)7-13(12)19-14;1-16-9-4-2-8(3-5-9)14-17-10-6-7-11(18)12(15)13(10)19-14;1-18-9-4-2-8(3-5-9)14-17-11-7-6-10(16)12(15)13(11)19-14;1-17-11-5-2-9(3-6-11)14-16-12-7-4-10(15)8-13(12)18-14;14-11-10(17)6-5-9-12(11)18-13(16-9)7-1-3-8(15)4-2-7/h3-8,11,19,21H,1-2,9-10H2;2-7,10,18,20H,1,8-9H2;2*2-7,16,18H,1H3;2-7H,16H2,1H3;2-8H,15H2,1H3;1-6,17H,15H2. The molecule has 0 bridgehead atoms. The average molecular weight is 2280 g/mol. The van der Waals surface area contributed by atoms with Gasteiger partial charge < -0.3 is 73.5 Å². The third-order valence-electron chi connectivity index (χ3n) is 20.5. The lowest BCUT2D eigenvalue weighted by Gasteiger charge is -2.05. The SMILES string of the molecule is CNc1ccc(-c2nc3ccc(O)c(I)c3s2)cc1.CNc1ccc(-c2nc3ccc(O)cc3s2)cc1F.COc1ccc(-c2nc3ccc(N)c(I)c3s2)cc1.COc1ccc(-c2nc3ccc(N)cc3s2)cc1.Nc1ccc(-c2nc3ccc(O)c(I)c3s2)cc1.Oc1ccc2nc(-c3ccc(NCCCCF)cc3)sc2c1.Oc1ccc2nc(-c3ccc(NCCCF)cc3)sc2c1. The van der Waals surface area contributed by atoms with Crippen molar-refractivity contribution in [2.75, 3.05) is 93.2 Å². The second-order valence-corrected chi connectivity index (χ2v) is 40.3. The van der Waals surface area contributed by atoms with Crippen LogP contribution in [0.1, 0.15) is 19.3 Å². The summed E-state index contributed by atoms with van der Waals surface area (Å²) in [6, 6.07) is 84.7. The van der Waals surface area contributed by atoms with Crippen LogP contribution in [0, 0.1) is 16.5 Å². The molecule has 15 N–H and O–H groups in total. The molecule has 0 spiro atoms. The lowest BCUT2D eigenvalue weighted by molar-refractivity contribution is 0.415. The minimum absolute atomic E-state index is 0.208. The number of phenolic OH excluding ortho intramolecular Hbond substituents is 5. The van der Waals surface area contributed by atoms with Gasteiger partial charge in [0, 0.05) is 100 Å². The fourth-order valence-corrected chi connectivity index (χ4v) is 22.8. The highest BCUT2D eigenvalue weighted by molar-refractivity contribution is 14.1. The van der Waals surface area contributed by atoms with E-state index in [1.54, 1.807) is 150 Å². The summed E-state index contributed by atoms with van der Waals surface area (Å²) in [5.74, 6) is 2.74. The monoisotopic (exact) mass is 2280 g/mol. The van der Waals surface area contributed by atoms with Gasteiger partial charge in [0.05, 0.1) is 115 Å². The second-order valence-electron chi connectivity index (χ2n) is 29.9. The van der Waals surface area contributed by atoms with Gasteiger partial charge in [-0.3, -0.25) is 8.78 Å². The van der Waals surface area contributed by atoms with E-state index in [2.05, 4.69) is 136 Å². The van der Waals surface area contributed by atoms with Gasteiger partial charge in [-0.15, -0.1) is 79.4 Å². The normalized spacial score (nSPS) is 10.9. The number of halogens is 6. The van der Waals surface area contributed by atoms with Crippen molar-refractivity contribution in [3.63, 3.8) is 0 Å². The Hall–Kier alpha value is -12.5. The van der Waals surface area contributed by atoms with Gasteiger partial charge in [-0.1, -0.05) is 0 Å². The maximum atomic E-state index is 13.7. The summed E-state index contributed by atoms with van der Waals surface area (Å²) in [5, 5.41) is 66.7. The molecule has 14 aromatic carbocycles. The number of nitrogen functional groups attached to an aromatic ring is 3. The first-order valence-corrected chi connectivity index (χ1v) is 51.0. The summed E-state index contributed by atoms with van der Waals surface area (Å²) in [5.41, 5.74) is 36.8. The predicted octanol–water partition coefficient (Wildman–Crippen LogP) is 29.0. The van der Waals surface area contributed by atoms with Gasteiger partial charge in [0.25, 0.3) is 0 Å². The zero-order chi connectivity index (χ0) is 95.5. The molecule has 21 aromatic rings. The van der Waals surface area contributed by atoms with Crippen molar-refractivity contribution < 1.29 is 48.2 Å². The molecule has 690 valence electrons. The van der Waals surface area contributed by atoms with Crippen molar-refractivity contribution in [3.05, 3.63) is 290 Å². The molecule has 0 amide bonds.